The Labute approximate surface area is 149 Å². The van der Waals surface area contributed by atoms with E-state index in [-0.39, 0.29) is 5.82 Å². The van der Waals surface area contributed by atoms with Gasteiger partial charge in [0.15, 0.2) is 0 Å². The van der Waals surface area contributed by atoms with Gasteiger partial charge < -0.3 is 11.1 Å². The van der Waals surface area contributed by atoms with Gasteiger partial charge in [0.1, 0.15) is 22.8 Å². The SMILES string of the molecule is Nc1cc2c(NC3CCN(Cc4cccc(F)c4)CC3)ncnc2s1. The number of hydrogen-bond donors (Lipinski definition) is 2. The van der Waals surface area contributed by atoms with Gasteiger partial charge in [-0.2, -0.15) is 0 Å². The monoisotopic (exact) mass is 357 g/mol. The Kier molecular flexibility index (Phi) is 4.50. The van der Waals surface area contributed by atoms with Crippen LogP contribution >= 0.6 is 11.3 Å². The minimum absolute atomic E-state index is 0.170. The van der Waals surface area contributed by atoms with Crippen molar-refractivity contribution < 1.29 is 4.39 Å². The second-order valence-electron chi connectivity index (χ2n) is 6.41. The highest BCUT2D eigenvalue weighted by molar-refractivity contribution is 7.22. The standard InChI is InChI=1S/C18H20FN5S/c19-13-3-1-2-12(8-13)10-24-6-4-14(5-7-24)23-17-15-9-16(20)25-18(15)22-11-21-17/h1-3,8-9,11,14H,4-7,10,20H2,(H,21,22,23). The summed E-state index contributed by atoms with van der Waals surface area (Å²) in [5, 5.41) is 5.29. The third-order valence-corrected chi connectivity index (χ3v) is 5.44. The number of halogens is 1. The Morgan fingerprint density at radius 3 is 2.88 bits per heavy atom. The molecule has 3 heterocycles. The molecule has 0 atom stereocenters. The third kappa shape index (κ3) is 3.72. The highest BCUT2D eigenvalue weighted by atomic mass is 32.1. The molecule has 1 aliphatic rings. The number of rotatable bonds is 4. The number of nitrogens with two attached hydrogens (primary N) is 1. The van der Waals surface area contributed by atoms with Crippen molar-refractivity contribution in [3.05, 3.63) is 48.0 Å². The molecule has 0 amide bonds. The smallest absolute Gasteiger partial charge is 0.138 e. The van der Waals surface area contributed by atoms with E-state index in [0.29, 0.717) is 6.04 Å². The molecule has 1 fully saturated rings. The van der Waals surface area contributed by atoms with Crippen LogP contribution in [-0.4, -0.2) is 34.0 Å². The summed E-state index contributed by atoms with van der Waals surface area (Å²) in [6.07, 6.45) is 3.64. The van der Waals surface area contributed by atoms with E-state index in [1.54, 1.807) is 18.5 Å². The molecule has 4 rings (SSSR count). The van der Waals surface area contributed by atoms with Crippen LogP contribution in [0.15, 0.2) is 36.7 Å². The number of nitrogen functional groups attached to an aromatic ring is 1. The van der Waals surface area contributed by atoms with Crippen molar-refractivity contribution >= 4 is 32.4 Å². The number of hydrogen-bond acceptors (Lipinski definition) is 6. The molecule has 0 spiro atoms. The lowest BCUT2D eigenvalue weighted by Gasteiger charge is -2.32. The summed E-state index contributed by atoms with van der Waals surface area (Å²) in [5.41, 5.74) is 6.91. The average Bonchev–Trinajstić information content (AvgIpc) is 2.98. The molecular formula is C18H20FN5S. The molecule has 0 bridgehead atoms. The second-order valence-corrected chi connectivity index (χ2v) is 7.48. The second kappa shape index (κ2) is 6.93. The Hall–Kier alpha value is -2.25. The maximum Gasteiger partial charge on any atom is 0.138 e. The zero-order valence-electron chi connectivity index (χ0n) is 13.8. The quantitative estimate of drug-likeness (QED) is 0.748. The number of anilines is 2. The lowest BCUT2D eigenvalue weighted by atomic mass is 10.0. The predicted molar refractivity (Wildman–Crippen MR) is 100 cm³/mol. The normalized spacial score (nSPS) is 16.4. The van der Waals surface area contributed by atoms with E-state index in [9.17, 15) is 4.39 Å². The summed E-state index contributed by atoms with van der Waals surface area (Å²) < 4.78 is 13.3. The number of fused-ring (bicyclic) bond motifs is 1. The molecule has 3 aromatic rings. The van der Waals surface area contributed by atoms with Crippen LogP contribution in [0.1, 0.15) is 18.4 Å². The van der Waals surface area contributed by atoms with Gasteiger partial charge in [0, 0.05) is 25.7 Å². The molecule has 25 heavy (non-hydrogen) atoms. The van der Waals surface area contributed by atoms with E-state index < -0.39 is 0 Å². The molecule has 0 aliphatic carbocycles. The molecule has 0 saturated carbocycles. The number of likely N-dealkylation sites (tertiary alicyclic amines) is 1. The topological polar surface area (TPSA) is 67.1 Å². The highest BCUT2D eigenvalue weighted by Gasteiger charge is 2.20. The van der Waals surface area contributed by atoms with Gasteiger partial charge in [0.2, 0.25) is 0 Å². The molecule has 7 heteroatoms. The maximum absolute atomic E-state index is 13.3. The number of piperidine rings is 1. The molecule has 130 valence electrons. The largest absolute Gasteiger partial charge is 0.391 e. The van der Waals surface area contributed by atoms with Crippen molar-refractivity contribution in [1.82, 2.24) is 14.9 Å². The number of nitrogens with one attached hydrogen (secondary N) is 1. The van der Waals surface area contributed by atoms with E-state index in [1.807, 2.05) is 12.1 Å². The van der Waals surface area contributed by atoms with Crippen molar-refractivity contribution in [3.8, 4) is 0 Å². The summed E-state index contributed by atoms with van der Waals surface area (Å²) in [5.74, 6) is 0.693. The molecule has 2 aromatic heterocycles. The Morgan fingerprint density at radius 2 is 2.08 bits per heavy atom. The van der Waals surface area contributed by atoms with E-state index in [0.717, 1.165) is 59.1 Å². The predicted octanol–water partition coefficient (Wildman–Crippen LogP) is 3.49. The van der Waals surface area contributed by atoms with Crippen LogP contribution in [0.4, 0.5) is 15.2 Å². The van der Waals surface area contributed by atoms with Gasteiger partial charge >= 0.3 is 0 Å². The summed E-state index contributed by atoms with van der Waals surface area (Å²) in [6, 6.07) is 9.16. The zero-order valence-corrected chi connectivity index (χ0v) is 14.6. The van der Waals surface area contributed by atoms with E-state index in [2.05, 4.69) is 20.2 Å². The Bertz CT molecular complexity index is 873. The maximum atomic E-state index is 13.3. The van der Waals surface area contributed by atoms with Crippen LogP contribution in [0.2, 0.25) is 0 Å². The minimum atomic E-state index is -0.170. The van der Waals surface area contributed by atoms with Crippen molar-refractivity contribution in [3.63, 3.8) is 0 Å². The van der Waals surface area contributed by atoms with Gasteiger partial charge in [0.05, 0.1) is 10.4 Å². The lowest BCUT2D eigenvalue weighted by molar-refractivity contribution is 0.211. The molecule has 1 saturated heterocycles. The Morgan fingerprint density at radius 1 is 1.24 bits per heavy atom. The summed E-state index contributed by atoms with van der Waals surface area (Å²) >= 11 is 1.48. The zero-order chi connectivity index (χ0) is 17.2. The van der Waals surface area contributed by atoms with Crippen LogP contribution < -0.4 is 11.1 Å². The molecule has 0 radical (unpaired) electrons. The Balaban J connectivity index is 1.37. The average molecular weight is 357 g/mol. The van der Waals surface area contributed by atoms with E-state index in [4.69, 9.17) is 5.73 Å². The van der Waals surface area contributed by atoms with Gasteiger partial charge in [-0.25, -0.2) is 14.4 Å². The molecule has 5 nitrogen and oxygen atoms in total. The first-order valence-corrected chi connectivity index (χ1v) is 9.22. The molecular weight excluding hydrogens is 337 g/mol. The summed E-state index contributed by atoms with van der Waals surface area (Å²) in [6.45, 7) is 2.76. The first-order valence-electron chi connectivity index (χ1n) is 8.41. The molecule has 0 unspecified atom stereocenters. The van der Waals surface area contributed by atoms with E-state index in [1.165, 1.54) is 17.4 Å². The van der Waals surface area contributed by atoms with Crippen LogP contribution in [-0.2, 0) is 6.54 Å². The molecule has 1 aliphatic heterocycles. The molecule has 3 N–H and O–H groups in total. The number of thiophene rings is 1. The first-order chi connectivity index (χ1) is 12.2. The number of aromatic nitrogens is 2. The van der Waals surface area contributed by atoms with Gasteiger partial charge in [-0.15, -0.1) is 0 Å². The van der Waals surface area contributed by atoms with Crippen molar-refractivity contribution in [2.45, 2.75) is 25.4 Å². The highest BCUT2D eigenvalue weighted by Crippen LogP contribution is 2.30. The van der Waals surface area contributed by atoms with Crippen LogP contribution in [0.3, 0.4) is 0 Å². The lowest BCUT2D eigenvalue weighted by Crippen LogP contribution is -2.38. The number of nitrogens with zero attached hydrogens (tertiary/aromatic N) is 3. The van der Waals surface area contributed by atoms with Crippen LogP contribution in [0, 0.1) is 5.82 Å². The van der Waals surface area contributed by atoms with Crippen LogP contribution in [0.25, 0.3) is 10.2 Å². The fourth-order valence-corrected chi connectivity index (χ4v) is 4.08. The van der Waals surface area contributed by atoms with Crippen molar-refractivity contribution in [2.75, 3.05) is 24.1 Å². The van der Waals surface area contributed by atoms with Crippen molar-refractivity contribution in [1.29, 1.82) is 0 Å². The number of benzene rings is 1. The fraction of sp³-hybridized carbons (Fsp3) is 0.333. The summed E-state index contributed by atoms with van der Waals surface area (Å²) in [7, 11) is 0. The van der Waals surface area contributed by atoms with Gasteiger partial charge in [-0.3, -0.25) is 4.90 Å². The minimum Gasteiger partial charge on any atom is -0.391 e. The third-order valence-electron chi connectivity index (χ3n) is 4.57. The first kappa shape index (κ1) is 16.2. The van der Waals surface area contributed by atoms with Crippen molar-refractivity contribution in [2.24, 2.45) is 0 Å². The summed E-state index contributed by atoms with van der Waals surface area (Å²) in [4.78, 5) is 11.9. The van der Waals surface area contributed by atoms with Gasteiger partial charge in [0.25, 0.3) is 0 Å². The molecule has 1 aromatic carbocycles. The fourth-order valence-electron chi connectivity index (χ4n) is 3.31. The van der Waals surface area contributed by atoms with Crippen LogP contribution in [0.5, 0.6) is 0 Å². The van der Waals surface area contributed by atoms with Gasteiger partial charge in [-0.1, -0.05) is 23.5 Å². The van der Waals surface area contributed by atoms with Gasteiger partial charge in [-0.05, 0) is 36.6 Å². The van der Waals surface area contributed by atoms with E-state index >= 15 is 0 Å².